The fourth-order valence-electron chi connectivity index (χ4n) is 3.17. The molecule has 1 N–H and O–H groups in total. The van der Waals surface area contributed by atoms with Crippen LogP contribution in [0.3, 0.4) is 0 Å². The summed E-state index contributed by atoms with van der Waals surface area (Å²) in [5.74, 6) is 0.669. The number of fused-ring (bicyclic) bond motifs is 1. The van der Waals surface area contributed by atoms with Crippen LogP contribution in [0.25, 0.3) is 10.9 Å². The van der Waals surface area contributed by atoms with Crippen molar-refractivity contribution in [1.29, 1.82) is 0 Å². The van der Waals surface area contributed by atoms with Gasteiger partial charge >= 0.3 is 0 Å². The first-order valence-corrected chi connectivity index (χ1v) is 7.96. The topological polar surface area (TPSA) is 45.2 Å². The number of nitrogens with one attached hydrogen (secondary N) is 1. The number of likely N-dealkylation sites (tertiary alicyclic amines) is 1. The number of amides is 1. The predicted octanol–water partition coefficient (Wildman–Crippen LogP) is 3.13. The Labute approximate surface area is 131 Å². The standard InChI is InChI=1S/C18H23N3O/c1-4-21-11-14(9-17(21)22)10-20-16-7-8-19-18-13(3)12(2)5-6-15(16)18/h5-8,14H,4,9-11H2,1-3H3,(H,19,20)/t14-/m1/s1. The average Bonchev–Trinajstić information content (AvgIpc) is 2.89. The Morgan fingerprint density at radius 1 is 1.32 bits per heavy atom. The first kappa shape index (κ1) is 14.8. The van der Waals surface area contributed by atoms with Gasteiger partial charge in [0.2, 0.25) is 5.91 Å². The summed E-state index contributed by atoms with van der Waals surface area (Å²) in [6, 6.07) is 6.29. The molecule has 116 valence electrons. The highest BCUT2D eigenvalue weighted by atomic mass is 16.2. The van der Waals surface area contributed by atoms with E-state index < -0.39 is 0 Å². The van der Waals surface area contributed by atoms with Gasteiger partial charge in [-0.2, -0.15) is 0 Å². The van der Waals surface area contributed by atoms with Gasteiger partial charge in [0.05, 0.1) is 5.52 Å². The van der Waals surface area contributed by atoms with Crippen LogP contribution in [0.2, 0.25) is 0 Å². The van der Waals surface area contributed by atoms with Crippen molar-refractivity contribution in [3.8, 4) is 0 Å². The number of nitrogens with zero attached hydrogens (tertiary/aromatic N) is 2. The molecule has 1 fully saturated rings. The third-order valence-corrected chi connectivity index (χ3v) is 4.69. The summed E-state index contributed by atoms with van der Waals surface area (Å²) >= 11 is 0. The van der Waals surface area contributed by atoms with Crippen molar-refractivity contribution in [3.63, 3.8) is 0 Å². The maximum Gasteiger partial charge on any atom is 0.222 e. The van der Waals surface area contributed by atoms with Crippen LogP contribution < -0.4 is 5.32 Å². The molecular weight excluding hydrogens is 274 g/mol. The summed E-state index contributed by atoms with van der Waals surface area (Å²) < 4.78 is 0. The van der Waals surface area contributed by atoms with Crippen LogP contribution in [0.4, 0.5) is 5.69 Å². The van der Waals surface area contributed by atoms with Crippen molar-refractivity contribution in [2.45, 2.75) is 27.2 Å². The van der Waals surface area contributed by atoms with E-state index >= 15 is 0 Å². The molecule has 1 aromatic heterocycles. The van der Waals surface area contributed by atoms with E-state index in [1.807, 2.05) is 24.1 Å². The quantitative estimate of drug-likeness (QED) is 0.943. The number of aromatic nitrogens is 1. The van der Waals surface area contributed by atoms with E-state index in [1.54, 1.807) is 0 Å². The molecule has 1 aromatic carbocycles. The Bertz CT molecular complexity index is 711. The predicted molar refractivity (Wildman–Crippen MR) is 90.1 cm³/mol. The molecule has 1 aliphatic rings. The van der Waals surface area contributed by atoms with Crippen LogP contribution in [0.5, 0.6) is 0 Å². The van der Waals surface area contributed by atoms with Gasteiger partial charge in [0.1, 0.15) is 0 Å². The van der Waals surface area contributed by atoms with Gasteiger partial charge in [0.25, 0.3) is 0 Å². The molecule has 4 nitrogen and oxygen atoms in total. The Morgan fingerprint density at radius 3 is 2.86 bits per heavy atom. The summed E-state index contributed by atoms with van der Waals surface area (Å²) in [5.41, 5.74) is 4.66. The van der Waals surface area contributed by atoms with Crippen LogP contribution in [-0.4, -0.2) is 35.4 Å². The zero-order chi connectivity index (χ0) is 15.7. The third-order valence-electron chi connectivity index (χ3n) is 4.69. The maximum atomic E-state index is 11.8. The largest absolute Gasteiger partial charge is 0.384 e. The second-order valence-corrected chi connectivity index (χ2v) is 6.15. The lowest BCUT2D eigenvalue weighted by Gasteiger charge is -2.16. The number of pyridine rings is 1. The van der Waals surface area contributed by atoms with E-state index in [-0.39, 0.29) is 5.91 Å². The lowest BCUT2D eigenvalue weighted by molar-refractivity contribution is -0.127. The molecule has 1 amide bonds. The molecule has 4 heteroatoms. The van der Waals surface area contributed by atoms with Gasteiger partial charge in [-0.15, -0.1) is 0 Å². The molecule has 1 aliphatic heterocycles. The number of anilines is 1. The van der Waals surface area contributed by atoms with Gasteiger partial charge in [-0.1, -0.05) is 12.1 Å². The van der Waals surface area contributed by atoms with Crippen LogP contribution in [0.15, 0.2) is 24.4 Å². The van der Waals surface area contributed by atoms with Gasteiger partial charge in [0.15, 0.2) is 0 Å². The van der Waals surface area contributed by atoms with Crippen molar-refractivity contribution < 1.29 is 4.79 Å². The van der Waals surface area contributed by atoms with Gasteiger partial charge < -0.3 is 10.2 Å². The fraction of sp³-hybridized carbons (Fsp3) is 0.444. The average molecular weight is 297 g/mol. The number of rotatable bonds is 4. The lowest BCUT2D eigenvalue weighted by atomic mass is 10.0. The molecule has 2 heterocycles. The van der Waals surface area contributed by atoms with Gasteiger partial charge in [-0.05, 0) is 38.0 Å². The highest BCUT2D eigenvalue weighted by Gasteiger charge is 2.28. The van der Waals surface area contributed by atoms with E-state index in [2.05, 4.69) is 36.3 Å². The molecule has 0 aliphatic carbocycles. The Hall–Kier alpha value is -2.10. The SMILES string of the molecule is CCN1C[C@@H](CNc2ccnc3c(C)c(C)ccc23)CC1=O. The van der Waals surface area contributed by atoms with Crippen LogP contribution in [0, 0.1) is 19.8 Å². The minimum Gasteiger partial charge on any atom is -0.384 e. The first-order chi connectivity index (χ1) is 10.6. The summed E-state index contributed by atoms with van der Waals surface area (Å²) in [5, 5.41) is 4.68. The molecule has 0 unspecified atom stereocenters. The summed E-state index contributed by atoms with van der Waals surface area (Å²) in [7, 11) is 0. The van der Waals surface area contributed by atoms with Crippen molar-refractivity contribution >= 4 is 22.5 Å². The van der Waals surface area contributed by atoms with Crippen molar-refractivity contribution in [1.82, 2.24) is 9.88 Å². The normalized spacial score (nSPS) is 18.2. The summed E-state index contributed by atoms with van der Waals surface area (Å²) in [6.45, 7) is 8.77. The Morgan fingerprint density at radius 2 is 2.14 bits per heavy atom. The zero-order valence-electron chi connectivity index (χ0n) is 13.5. The first-order valence-electron chi connectivity index (χ1n) is 7.96. The van der Waals surface area contributed by atoms with E-state index in [0.717, 1.165) is 36.2 Å². The molecule has 1 atom stereocenters. The molecule has 0 bridgehead atoms. The summed E-state index contributed by atoms with van der Waals surface area (Å²) in [6.07, 6.45) is 2.51. The van der Waals surface area contributed by atoms with Gasteiger partial charge in [-0.3, -0.25) is 9.78 Å². The molecule has 0 radical (unpaired) electrons. The highest BCUT2D eigenvalue weighted by Crippen LogP contribution is 2.27. The molecule has 3 rings (SSSR count). The number of hydrogen-bond donors (Lipinski definition) is 1. The van der Waals surface area contributed by atoms with Crippen molar-refractivity contribution in [3.05, 3.63) is 35.5 Å². The molecule has 22 heavy (non-hydrogen) atoms. The number of hydrogen-bond acceptors (Lipinski definition) is 3. The van der Waals surface area contributed by atoms with E-state index in [0.29, 0.717) is 12.3 Å². The van der Waals surface area contributed by atoms with Crippen molar-refractivity contribution in [2.24, 2.45) is 5.92 Å². The zero-order valence-corrected chi connectivity index (χ0v) is 13.5. The number of carbonyl (C=O) groups excluding carboxylic acids is 1. The number of carbonyl (C=O) groups is 1. The maximum absolute atomic E-state index is 11.8. The molecule has 0 saturated carbocycles. The van der Waals surface area contributed by atoms with E-state index in [1.165, 1.54) is 11.1 Å². The Balaban J connectivity index is 1.78. The highest BCUT2D eigenvalue weighted by molar-refractivity contribution is 5.93. The number of aryl methyl sites for hydroxylation is 2. The van der Waals surface area contributed by atoms with E-state index in [4.69, 9.17) is 0 Å². The van der Waals surface area contributed by atoms with Crippen LogP contribution in [0.1, 0.15) is 24.5 Å². The minimum atomic E-state index is 0.278. The second-order valence-electron chi connectivity index (χ2n) is 6.15. The van der Waals surface area contributed by atoms with Gasteiger partial charge in [0, 0.05) is 49.2 Å². The molecular formula is C18H23N3O. The third kappa shape index (κ3) is 2.65. The lowest BCUT2D eigenvalue weighted by Crippen LogP contribution is -2.25. The van der Waals surface area contributed by atoms with Gasteiger partial charge in [-0.25, -0.2) is 0 Å². The fourth-order valence-corrected chi connectivity index (χ4v) is 3.17. The number of benzene rings is 1. The summed E-state index contributed by atoms with van der Waals surface area (Å²) in [4.78, 5) is 18.3. The van der Waals surface area contributed by atoms with Crippen LogP contribution in [-0.2, 0) is 4.79 Å². The Kier molecular flexibility index (Phi) is 4.01. The van der Waals surface area contributed by atoms with Crippen molar-refractivity contribution in [2.75, 3.05) is 25.0 Å². The van der Waals surface area contributed by atoms with Crippen LogP contribution >= 0.6 is 0 Å². The molecule has 0 spiro atoms. The second kappa shape index (κ2) is 5.95. The molecule has 2 aromatic rings. The monoisotopic (exact) mass is 297 g/mol. The molecule has 1 saturated heterocycles. The van der Waals surface area contributed by atoms with E-state index in [9.17, 15) is 4.79 Å². The smallest absolute Gasteiger partial charge is 0.222 e. The minimum absolute atomic E-state index is 0.278.